The fourth-order valence-electron chi connectivity index (χ4n) is 0.624. The van der Waals surface area contributed by atoms with Crippen molar-refractivity contribution in [2.45, 2.75) is 39.0 Å². The Balaban J connectivity index is 0. The van der Waals surface area contributed by atoms with E-state index in [9.17, 15) is 0 Å². The SMILES string of the molecule is CCCCO.NCCCCCN. The highest BCUT2D eigenvalue weighted by Crippen LogP contribution is 1.88. The maximum atomic E-state index is 8.07. The molecule has 0 aliphatic heterocycles. The molecule has 0 amide bonds. The second-order valence-electron chi connectivity index (χ2n) is 2.72. The van der Waals surface area contributed by atoms with E-state index in [1.54, 1.807) is 0 Å². The van der Waals surface area contributed by atoms with E-state index in [-0.39, 0.29) is 0 Å². The number of nitrogens with two attached hydrogens (primary N) is 2. The molecule has 0 heterocycles. The first-order valence-electron chi connectivity index (χ1n) is 4.84. The fourth-order valence-corrected chi connectivity index (χ4v) is 0.624. The fraction of sp³-hybridized carbons (Fsp3) is 1.00. The van der Waals surface area contributed by atoms with Gasteiger partial charge < -0.3 is 16.6 Å². The lowest BCUT2D eigenvalue weighted by molar-refractivity contribution is 0.287. The minimum Gasteiger partial charge on any atom is -0.396 e. The van der Waals surface area contributed by atoms with Gasteiger partial charge in [-0.3, -0.25) is 0 Å². The van der Waals surface area contributed by atoms with Gasteiger partial charge in [-0.15, -0.1) is 0 Å². The average molecular weight is 176 g/mol. The highest BCUT2D eigenvalue weighted by molar-refractivity contribution is 4.41. The minimum atomic E-state index is 0.344. The monoisotopic (exact) mass is 176 g/mol. The van der Waals surface area contributed by atoms with Crippen LogP contribution in [0.25, 0.3) is 0 Å². The summed E-state index contributed by atoms with van der Waals surface area (Å²) >= 11 is 0. The molecule has 3 heteroatoms. The molecule has 76 valence electrons. The molecule has 5 N–H and O–H groups in total. The Morgan fingerprint density at radius 2 is 1.42 bits per heavy atom. The summed E-state index contributed by atoms with van der Waals surface area (Å²) in [7, 11) is 0. The van der Waals surface area contributed by atoms with Crippen molar-refractivity contribution in [3.05, 3.63) is 0 Å². The van der Waals surface area contributed by atoms with Gasteiger partial charge in [-0.1, -0.05) is 19.8 Å². The van der Waals surface area contributed by atoms with Gasteiger partial charge in [-0.25, -0.2) is 0 Å². The molecule has 0 spiro atoms. The summed E-state index contributed by atoms with van der Waals surface area (Å²) < 4.78 is 0. The van der Waals surface area contributed by atoms with Crippen molar-refractivity contribution in [3.63, 3.8) is 0 Å². The molecule has 3 nitrogen and oxygen atoms in total. The third-order valence-corrected chi connectivity index (χ3v) is 1.42. The van der Waals surface area contributed by atoms with Crippen molar-refractivity contribution < 1.29 is 5.11 Å². The third kappa shape index (κ3) is 22.5. The zero-order valence-electron chi connectivity index (χ0n) is 8.26. The molecule has 0 saturated heterocycles. The van der Waals surface area contributed by atoms with Crippen molar-refractivity contribution in [3.8, 4) is 0 Å². The smallest absolute Gasteiger partial charge is 0.0430 e. The molecule has 0 aromatic carbocycles. The Bertz CT molecular complexity index is 54.5. The van der Waals surface area contributed by atoms with Crippen molar-refractivity contribution >= 4 is 0 Å². The Kier molecular flexibility index (Phi) is 20.5. The van der Waals surface area contributed by atoms with Gasteiger partial charge in [-0.2, -0.15) is 0 Å². The molecular weight excluding hydrogens is 152 g/mol. The van der Waals surface area contributed by atoms with Crippen LogP contribution in [0.3, 0.4) is 0 Å². The Morgan fingerprint density at radius 1 is 0.917 bits per heavy atom. The summed E-state index contributed by atoms with van der Waals surface area (Å²) in [5.41, 5.74) is 10.5. The van der Waals surface area contributed by atoms with Crippen molar-refractivity contribution in [1.29, 1.82) is 0 Å². The Morgan fingerprint density at radius 3 is 1.58 bits per heavy atom. The molecule has 0 atom stereocenters. The van der Waals surface area contributed by atoms with Gasteiger partial charge in [0.15, 0.2) is 0 Å². The summed E-state index contributed by atoms with van der Waals surface area (Å²) in [5, 5.41) is 8.07. The highest BCUT2D eigenvalue weighted by atomic mass is 16.2. The third-order valence-electron chi connectivity index (χ3n) is 1.42. The first-order valence-corrected chi connectivity index (χ1v) is 4.84. The molecule has 0 aliphatic carbocycles. The van der Waals surface area contributed by atoms with E-state index in [4.69, 9.17) is 16.6 Å². The minimum absolute atomic E-state index is 0.344. The van der Waals surface area contributed by atoms with Crippen molar-refractivity contribution in [2.24, 2.45) is 11.5 Å². The summed E-state index contributed by atoms with van der Waals surface area (Å²) in [6.45, 7) is 4.01. The second-order valence-corrected chi connectivity index (χ2v) is 2.72. The Labute approximate surface area is 76.1 Å². The van der Waals surface area contributed by atoms with Crippen molar-refractivity contribution in [2.75, 3.05) is 19.7 Å². The van der Waals surface area contributed by atoms with Crippen LogP contribution in [0.4, 0.5) is 0 Å². The largest absolute Gasteiger partial charge is 0.396 e. The van der Waals surface area contributed by atoms with E-state index in [0.29, 0.717) is 6.61 Å². The van der Waals surface area contributed by atoms with Crippen LogP contribution < -0.4 is 11.5 Å². The highest BCUT2D eigenvalue weighted by Gasteiger charge is 1.80. The molecule has 0 bridgehead atoms. The summed E-state index contributed by atoms with van der Waals surface area (Å²) in [6, 6.07) is 0. The summed E-state index contributed by atoms with van der Waals surface area (Å²) in [4.78, 5) is 0. The lowest BCUT2D eigenvalue weighted by Crippen LogP contribution is -2.02. The number of hydrogen-bond donors (Lipinski definition) is 3. The van der Waals surface area contributed by atoms with Crippen LogP contribution in [-0.2, 0) is 0 Å². The van der Waals surface area contributed by atoms with E-state index >= 15 is 0 Å². The molecule has 12 heavy (non-hydrogen) atoms. The topological polar surface area (TPSA) is 72.3 Å². The summed E-state index contributed by atoms with van der Waals surface area (Å²) in [5.74, 6) is 0. The van der Waals surface area contributed by atoms with Crippen LogP contribution in [0.15, 0.2) is 0 Å². The molecule has 0 rings (SSSR count). The van der Waals surface area contributed by atoms with E-state index in [0.717, 1.165) is 38.8 Å². The number of unbranched alkanes of at least 4 members (excludes halogenated alkanes) is 3. The summed E-state index contributed by atoms with van der Waals surface area (Å²) in [6.07, 6.45) is 5.47. The molecule has 0 unspecified atom stereocenters. The molecule has 0 aliphatic rings. The van der Waals surface area contributed by atoms with Gasteiger partial charge in [0.1, 0.15) is 0 Å². The predicted molar refractivity (Wildman–Crippen MR) is 54.0 cm³/mol. The normalized spacial score (nSPS) is 9.00. The maximum Gasteiger partial charge on any atom is 0.0430 e. The number of rotatable bonds is 6. The van der Waals surface area contributed by atoms with E-state index in [1.165, 1.54) is 6.42 Å². The van der Waals surface area contributed by atoms with Crippen LogP contribution in [-0.4, -0.2) is 24.8 Å². The van der Waals surface area contributed by atoms with Gasteiger partial charge in [-0.05, 0) is 32.4 Å². The molecule has 0 aromatic rings. The zero-order valence-corrected chi connectivity index (χ0v) is 8.26. The predicted octanol–water partition coefficient (Wildman–Crippen LogP) is 0.853. The first kappa shape index (κ1) is 14.4. The average Bonchev–Trinajstić information content (AvgIpc) is 2.08. The molecule has 0 saturated carbocycles. The lowest BCUT2D eigenvalue weighted by Gasteiger charge is -1.91. The van der Waals surface area contributed by atoms with E-state index < -0.39 is 0 Å². The Hall–Kier alpha value is -0.120. The first-order chi connectivity index (χ1) is 5.83. The lowest BCUT2D eigenvalue weighted by atomic mass is 10.2. The molecular formula is C9H24N2O. The van der Waals surface area contributed by atoms with Crippen LogP contribution in [0.2, 0.25) is 0 Å². The van der Waals surface area contributed by atoms with Crippen LogP contribution >= 0.6 is 0 Å². The van der Waals surface area contributed by atoms with Gasteiger partial charge in [0, 0.05) is 6.61 Å². The molecule has 0 aromatic heterocycles. The van der Waals surface area contributed by atoms with Crippen LogP contribution in [0, 0.1) is 0 Å². The molecule has 0 radical (unpaired) electrons. The van der Waals surface area contributed by atoms with Crippen LogP contribution in [0.1, 0.15) is 39.0 Å². The van der Waals surface area contributed by atoms with Gasteiger partial charge >= 0.3 is 0 Å². The number of aliphatic hydroxyl groups excluding tert-OH is 1. The molecule has 0 fully saturated rings. The second kappa shape index (κ2) is 17.1. The van der Waals surface area contributed by atoms with Crippen LogP contribution in [0.5, 0.6) is 0 Å². The maximum absolute atomic E-state index is 8.07. The van der Waals surface area contributed by atoms with E-state index in [2.05, 4.69) is 6.92 Å². The number of aliphatic hydroxyl groups is 1. The number of hydrogen-bond acceptors (Lipinski definition) is 3. The van der Waals surface area contributed by atoms with E-state index in [1.807, 2.05) is 0 Å². The standard InChI is InChI=1S/C5H14N2.C4H10O/c6-4-2-1-3-5-7;1-2-3-4-5/h1-7H2;5H,2-4H2,1H3. The quantitative estimate of drug-likeness (QED) is 0.525. The van der Waals surface area contributed by atoms with Crippen molar-refractivity contribution in [1.82, 2.24) is 0 Å². The zero-order chi connectivity index (χ0) is 9.66. The van der Waals surface area contributed by atoms with Gasteiger partial charge in [0.2, 0.25) is 0 Å². The van der Waals surface area contributed by atoms with Gasteiger partial charge in [0.05, 0.1) is 0 Å². The van der Waals surface area contributed by atoms with Gasteiger partial charge in [0.25, 0.3) is 0 Å².